The van der Waals surface area contributed by atoms with E-state index in [-0.39, 0.29) is 6.10 Å². The van der Waals surface area contributed by atoms with Gasteiger partial charge in [0.1, 0.15) is 29.4 Å². The number of benzene rings is 1. The average molecular weight is 390 g/mol. The molecular weight excluding hydrogens is 368 g/mol. The molecule has 0 bridgehead atoms. The minimum absolute atomic E-state index is 0.120. The molecule has 0 aliphatic carbocycles. The van der Waals surface area contributed by atoms with Crippen molar-refractivity contribution in [3.63, 3.8) is 0 Å². The third kappa shape index (κ3) is 4.45. The van der Waals surface area contributed by atoms with Crippen molar-refractivity contribution in [1.29, 1.82) is 0 Å². The van der Waals surface area contributed by atoms with Gasteiger partial charge in [-0.3, -0.25) is 4.98 Å². The van der Waals surface area contributed by atoms with E-state index in [1.165, 1.54) is 0 Å². The number of nitrogens with one attached hydrogen (secondary N) is 1. The van der Waals surface area contributed by atoms with Gasteiger partial charge in [-0.15, -0.1) is 0 Å². The number of nitrogens with zero attached hydrogens (tertiary/aromatic N) is 3. The number of aromatic nitrogens is 3. The van der Waals surface area contributed by atoms with Crippen LogP contribution >= 0.6 is 0 Å². The molecule has 3 heterocycles. The lowest BCUT2D eigenvalue weighted by atomic mass is 10.3. The SMILES string of the molecule is CNc1ccc(-c2nc3cc(OCc4ccc(OC(C)C)cn4)ccc3o2)cn1. The summed E-state index contributed by atoms with van der Waals surface area (Å²) >= 11 is 0. The second-order valence-corrected chi connectivity index (χ2v) is 6.77. The summed E-state index contributed by atoms with van der Waals surface area (Å²) < 4.78 is 17.3. The van der Waals surface area contributed by atoms with Crippen molar-refractivity contribution in [1.82, 2.24) is 15.0 Å². The van der Waals surface area contributed by atoms with Gasteiger partial charge in [0, 0.05) is 19.3 Å². The van der Waals surface area contributed by atoms with E-state index in [4.69, 9.17) is 13.9 Å². The number of pyridine rings is 2. The summed E-state index contributed by atoms with van der Waals surface area (Å²) in [7, 11) is 1.83. The number of fused-ring (bicyclic) bond motifs is 1. The number of ether oxygens (including phenoxy) is 2. The van der Waals surface area contributed by atoms with Crippen molar-refractivity contribution in [2.75, 3.05) is 12.4 Å². The molecule has 0 radical (unpaired) electrons. The monoisotopic (exact) mass is 390 g/mol. The summed E-state index contributed by atoms with van der Waals surface area (Å²) in [6, 6.07) is 13.1. The quantitative estimate of drug-likeness (QED) is 0.490. The molecule has 1 aromatic carbocycles. The third-order valence-electron chi connectivity index (χ3n) is 4.18. The lowest BCUT2D eigenvalue weighted by molar-refractivity contribution is 0.240. The Labute approximate surface area is 168 Å². The van der Waals surface area contributed by atoms with Gasteiger partial charge in [-0.2, -0.15) is 0 Å². The number of hydrogen-bond acceptors (Lipinski definition) is 7. The fourth-order valence-electron chi connectivity index (χ4n) is 2.78. The molecule has 7 nitrogen and oxygen atoms in total. The van der Waals surface area contributed by atoms with Crippen molar-refractivity contribution < 1.29 is 13.9 Å². The Morgan fingerprint density at radius 1 is 1.00 bits per heavy atom. The molecule has 1 N–H and O–H groups in total. The maximum absolute atomic E-state index is 5.86. The van der Waals surface area contributed by atoms with Gasteiger partial charge in [0.15, 0.2) is 5.58 Å². The molecule has 0 aliphatic rings. The first-order valence-electron chi connectivity index (χ1n) is 9.40. The molecule has 7 heteroatoms. The fourth-order valence-corrected chi connectivity index (χ4v) is 2.78. The first-order valence-corrected chi connectivity index (χ1v) is 9.40. The average Bonchev–Trinajstić information content (AvgIpc) is 3.16. The van der Waals surface area contributed by atoms with Crippen LogP contribution in [-0.4, -0.2) is 28.1 Å². The lowest BCUT2D eigenvalue weighted by Gasteiger charge is -2.10. The highest BCUT2D eigenvalue weighted by Gasteiger charge is 2.10. The highest BCUT2D eigenvalue weighted by molar-refractivity contribution is 5.77. The van der Waals surface area contributed by atoms with Crippen molar-refractivity contribution in [3.8, 4) is 23.0 Å². The molecular formula is C22H22N4O3. The van der Waals surface area contributed by atoms with Crippen LogP contribution in [0.15, 0.2) is 59.3 Å². The summed E-state index contributed by atoms with van der Waals surface area (Å²) in [6.45, 7) is 4.32. The fraction of sp³-hybridized carbons (Fsp3) is 0.227. The zero-order valence-corrected chi connectivity index (χ0v) is 16.5. The standard InChI is InChI=1S/C22H22N4O3/c1-14(2)28-18-6-5-16(24-12-18)13-27-17-7-8-20-19(10-17)26-22(29-20)15-4-9-21(23-3)25-11-15/h4-12,14H,13H2,1-3H3,(H,23,25). The Balaban J connectivity index is 1.46. The van der Waals surface area contributed by atoms with Crippen molar-refractivity contribution in [2.24, 2.45) is 0 Å². The number of oxazole rings is 1. The maximum Gasteiger partial charge on any atom is 0.228 e. The Kier molecular flexibility index (Phi) is 5.29. The third-order valence-corrected chi connectivity index (χ3v) is 4.18. The van der Waals surface area contributed by atoms with E-state index in [9.17, 15) is 0 Å². The van der Waals surface area contributed by atoms with E-state index in [0.29, 0.717) is 23.8 Å². The van der Waals surface area contributed by atoms with Gasteiger partial charge in [-0.05, 0) is 50.2 Å². The molecule has 0 amide bonds. The summed E-state index contributed by atoms with van der Waals surface area (Å²) in [5.74, 6) is 2.76. The van der Waals surface area contributed by atoms with Crippen LogP contribution in [0.2, 0.25) is 0 Å². The summed E-state index contributed by atoms with van der Waals surface area (Å²) in [5, 5.41) is 2.99. The number of rotatable bonds is 7. The minimum Gasteiger partial charge on any atom is -0.489 e. The van der Waals surface area contributed by atoms with Crippen LogP contribution in [0, 0.1) is 0 Å². The maximum atomic E-state index is 5.86. The largest absolute Gasteiger partial charge is 0.489 e. The van der Waals surface area contributed by atoms with E-state index >= 15 is 0 Å². The van der Waals surface area contributed by atoms with E-state index < -0.39 is 0 Å². The Hall–Kier alpha value is -3.61. The van der Waals surface area contributed by atoms with Crippen LogP contribution in [0.3, 0.4) is 0 Å². The van der Waals surface area contributed by atoms with Gasteiger partial charge >= 0.3 is 0 Å². The Morgan fingerprint density at radius 2 is 1.86 bits per heavy atom. The van der Waals surface area contributed by atoms with Crippen molar-refractivity contribution in [2.45, 2.75) is 26.6 Å². The highest BCUT2D eigenvalue weighted by Crippen LogP contribution is 2.27. The number of hydrogen-bond donors (Lipinski definition) is 1. The molecule has 0 fully saturated rings. The minimum atomic E-state index is 0.120. The lowest BCUT2D eigenvalue weighted by Crippen LogP contribution is -2.06. The van der Waals surface area contributed by atoms with Gasteiger partial charge < -0.3 is 19.2 Å². The molecule has 29 heavy (non-hydrogen) atoms. The van der Waals surface area contributed by atoms with E-state index in [1.54, 1.807) is 12.4 Å². The molecule has 4 rings (SSSR count). The predicted molar refractivity (Wildman–Crippen MR) is 111 cm³/mol. The number of anilines is 1. The topological polar surface area (TPSA) is 82.3 Å². The van der Waals surface area contributed by atoms with E-state index in [2.05, 4.69) is 20.3 Å². The molecule has 0 unspecified atom stereocenters. The summed E-state index contributed by atoms with van der Waals surface area (Å²) in [4.78, 5) is 13.2. The molecule has 148 valence electrons. The Morgan fingerprint density at radius 3 is 2.55 bits per heavy atom. The molecule has 0 aliphatic heterocycles. The van der Waals surface area contributed by atoms with Gasteiger partial charge in [0.2, 0.25) is 5.89 Å². The second-order valence-electron chi connectivity index (χ2n) is 6.77. The Bertz CT molecular complexity index is 1090. The summed E-state index contributed by atoms with van der Waals surface area (Å²) in [6.07, 6.45) is 3.56. The molecule has 0 spiro atoms. The molecule has 0 saturated carbocycles. The van der Waals surface area contributed by atoms with Crippen molar-refractivity contribution in [3.05, 3.63) is 60.6 Å². The molecule has 0 saturated heterocycles. The smallest absolute Gasteiger partial charge is 0.228 e. The van der Waals surface area contributed by atoms with Crippen LogP contribution in [0.1, 0.15) is 19.5 Å². The van der Waals surface area contributed by atoms with Crippen LogP contribution in [0.5, 0.6) is 11.5 Å². The second kappa shape index (κ2) is 8.18. The van der Waals surface area contributed by atoms with Crippen molar-refractivity contribution >= 4 is 16.9 Å². The van der Waals surface area contributed by atoms with Crippen LogP contribution in [-0.2, 0) is 6.61 Å². The molecule has 3 aromatic heterocycles. The van der Waals surface area contributed by atoms with E-state index in [1.807, 2.05) is 63.4 Å². The first-order chi connectivity index (χ1) is 14.1. The molecule has 0 atom stereocenters. The first kappa shape index (κ1) is 18.7. The predicted octanol–water partition coefficient (Wildman–Crippen LogP) is 4.69. The highest BCUT2D eigenvalue weighted by atomic mass is 16.5. The summed E-state index contributed by atoms with van der Waals surface area (Å²) in [5.41, 5.74) is 3.05. The van der Waals surface area contributed by atoms with E-state index in [0.717, 1.165) is 28.3 Å². The van der Waals surface area contributed by atoms with Gasteiger partial charge in [-0.1, -0.05) is 0 Å². The van der Waals surface area contributed by atoms with Gasteiger partial charge in [-0.25, -0.2) is 9.97 Å². The van der Waals surface area contributed by atoms with Crippen LogP contribution < -0.4 is 14.8 Å². The van der Waals surface area contributed by atoms with Crippen LogP contribution in [0.25, 0.3) is 22.6 Å². The van der Waals surface area contributed by atoms with Gasteiger partial charge in [0.25, 0.3) is 0 Å². The van der Waals surface area contributed by atoms with Crippen LogP contribution in [0.4, 0.5) is 5.82 Å². The normalized spacial score (nSPS) is 11.0. The molecule has 4 aromatic rings. The van der Waals surface area contributed by atoms with Gasteiger partial charge in [0.05, 0.1) is 23.6 Å². The zero-order valence-electron chi connectivity index (χ0n) is 16.5. The zero-order chi connectivity index (χ0) is 20.2.